The van der Waals surface area contributed by atoms with Crippen molar-refractivity contribution in [2.75, 3.05) is 13.1 Å². The summed E-state index contributed by atoms with van der Waals surface area (Å²) in [4.78, 5) is 1.68. The molecule has 3 rings (SSSR count). The number of hydrogen-bond acceptors (Lipinski definition) is 1. The SMILES string of the molecule is CC.CC(C)c1cccc(-c2ccc(CN3CCC(C(C)C)C(F)(F)C3)c(F)c2)c1. The summed E-state index contributed by atoms with van der Waals surface area (Å²) in [6.07, 6.45) is 0.451. The summed E-state index contributed by atoms with van der Waals surface area (Å²) >= 11 is 0. The normalized spacial score (nSPS) is 19.0. The van der Waals surface area contributed by atoms with Crippen LogP contribution in [0.3, 0.4) is 0 Å². The first-order valence-electron chi connectivity index (χ1n) is 11.2. The van der Waals surface area contributed by atoms with E-state index in [-0.39, 0.29) is 24.8 Å². The Morgan fingerprint density at radius 1 is 1.00 bits per heavy atom. The van der Waals surface area contributed by atoms with Gasteiger partial charge in [0.2, 0.25) is 0 Å². The van der Waals surface area contributed by atoms with E-state index in [1.165, 1.54) is 11.6 Å². The smallest absolute Gasteiger partial charge is 0.263 e. The van der Waals surface area contributed by atoms with Gasteiger partial charge in [-0.15, -0.1) is 0 Å². The largest absolute Gasteiger partial charge is 0.293 e. The van der Waals surface area contributed by atoms with Crippen LogP contribution in [0.4, 0.5) is 13.2 Å². The van der Waals surface area contributed by atoms with Crippen LogP contribution in [0.5, 0.6) is 0 Å². The predicted octanol–water partition coefficient (Wildman–Crippen LogP) is 7.76. The maximum atomic E-state index is 14.7. The van der Waals surface area contributed by atoms with Crippen molar-refractivity contribution in [1.82, 2.24) is 4.90 Å². The Morgan fingerprint density at radius 2 is 1.67 bits per heavy atom. The summed E-state index contributed by atoms with van der Waals surface area (Å²) in [7, 11) is 0. The third kappa shape index (κ3) is 5.87. The molecule has 0 saturated carbocycles. The maximum absolute atomic E-state index is 14.7. The van der Waals surface area contributed by atoms with Crippen LogP contribution in [-0.2, 0) is 6.54 Å². The van der Waals surface area contributed by atoms with Crippen LogP contribution in [0.1, 0.15) is 65.0 Å². The predicted molar refractivity (Wildman–Crippen MR) is 120 cm³/mol. The first-order chi connectivity index (χ1) is 14.2. The van der Waals surface area contributed by atoms with Gasteiger partial charge in [-0.25, -0.2) is 13.2 Å². The second-order valence-corrected chi connectivity index (χ2v) is 8.70. The van der Waals surface area contributed by atoms with Crippen molar-refractivity contribution in [1.29, 1.82) is 0 Å². The summed E-state index contributed by atoms with van der Waals surface area (Å²) in [5.74, 6) is -3.29. The Bertz CT molecular complexity index is 814. The number of rotatable bonds is 5. The molecule has 1 fully saturated rings. The van der Waals surface area contributed by atoms with Gasteiger partial charge < -0.3 is 0 Å². The maximum Gasteiger partial charge on any atom is 0.263 e. The van der Waals surface area contributed by atoms with Gasteiger partial charge in [0.15, 0.2) is 0 Å². The molecular weight excluding hydrogens is 383 g/mol. The zero-order chi connectivity index (χ0) is 22.5. The molecule has 0 spiro atoms. The highest BCUT2D eigenvalue weighted by Gasteiger charge is 2.45. The van der Waals surface area contributed by atoms with Gasteiger partial charge in [0, 0.05) is 18.0 Å². The van der Waals surface area contributed by atoms with Crippen LogP contribution in [0.25, 0.3) is 11.1 Å². The third-order valence-electron chi connectivity index (χ3n) is 5.87. The van der Waals surface area contributed by atoms with Crippen LogP contribution < -0.4 is 0 Å². The zero-order valence-electron chi connectivity index (χ0n) is 19.2. The van der Waals surface area contributed by atoms with E-state index >= 15 is 0 Å². The van der Waals surface area contributed by atoms with Crippen molar-refractivity contribution >= 4 is 0 Å². The molecule has 1 atom stereocenters. The number of nitrogens with zero attached hydrogens (tertiary/aromatic N) is 1. The molecule has 1 aliphatic rings. The lowest BCUT2D eigenvalue weighted by molar-refractivity contribution is -0.126. The van der Waals surface area contributed by atoms with E-state index in [9.17, 15) is 13.2 Å². The monoisotopic (exact) mass is 419 g/mol. The van der Waals surface area contributed by atoms with E-state index in [2.05, 4.69) is 26.0 Å². The average Bonchev–Trinajstić information content (AvgIpc) is 2.70. The number of benzene rings is 2. The van der Waals surface area contributed by atoms with E-state index in [4.69, 9.17) is 0 Å². The quantitative estimate of drug-likeness (QED) is 0.479. The van der Waals surface area contributed by atoms with Crippen molar-refractivity contribution in [3.63, 3.8) is 0 Å². The van der Waals surface area contributed by atoms with E-state index in [1.807, 2.05) is 45.9 Å². The summed E-state index contributed by atoms with van der Waals surface area (Å²) in [6, 6.07) is 13.2. The van der Waals surface area contributed by atoms with Gasteiger partial charge in [-0.05, 0) is 47.6 Å². The molecule has 0 bridgehead atoms. The molecule has 2 aromatic carbocycles. The fourth-order valence-electron chi connectivity index (χ4n) is 4.16. The second-order valence-electron chi connectivity index (χ2n) is 8.70. The molecule has 0 aliphatic carbocycles. The molecule has 1 aliphatic heterocycles. The molecular formula is C26H36F3N. The Labute approximate surface area is 180 Å². The van der Waals surface area contributed by atoms with Gasteiger partial charge in [0.05, 0.1) is 6.54 Å². The van der Waals surface area contributed by atoms with E-state index in [1.54, 1.807) is 11.0 Å². The molecule has 1 heterocycles. The van der Waals surface area contributed by atoms with Crippen molar-refractivity contribution in [3.05, 3.63) is 59.4 Å². The minimum Gasteiger partial charge on any atom is -0.293 e. The van der Waals surface area contributed by atoms with Gasteiger partial charge in [0.25, 0.3) is 5.92 Å². The van der Waals surface area contributed by atoms with Crippen molar-refractivity contribution in [3.8, 4) is 11.1 Å². The zero-order valence-corrected chi connectivity index (χ0v) is 19.2. The minimum absolute atomic E-state index is 0.0465. The van der Waals surface area contributed by atoms with Crippen LogP contribution in [0.15, 0.2) is 42.5 Å². The van der Waals surface area contributed by atoms with Gasteiger partial charge in [-0.2, -0.15) is 0 Å². The molecule has 166 valence electrons. The first-order valence-corrected chi connectivity index (χ1v) is 11.2. The van der Waals surface area contributed by atoms with Crippen LogP contribution in [-0.4, -0.2) is 23.9 Å². The molecule has 2 aromatic rings. The highest BCUT2D eigenvalue weighted by Crippen LogP contribution is 2.38. The molecule has 1 saturated heterocycles. The number of piperidine rings is 1. The molecule has 1 nitrogen and oxygen atoms in total. The summed E-state index contributed by atoms with van der Waals surface area (Å²) < 4.78 is 43.6. The van der Waals surface area contributed by atoms with Crippen molar-refractivity contribution in [2.45, 2.75) is 66.3 Å². The summed E-state index contributed by atoms with van der Waals surface area (Å²) in [5, 5.41) is 0. The average molecular weight is 420 g/mol. The highest BCUT2D eigenvalue weighted by molar-refractivity contribution is 5.64. The molecule has 0 radical (unpaired) electrons. The number of likely N-dealkylation sites (tertiary alicyclic amines) is 1. The standard InChI is InChI=1S/C24H30F3N.C2H6/c1-16(2)18-6-5-7-19(12-18)20-8-9-21(23(25)13-20)14-28-11-10-22(17(3)4)24(26,27)15-28;1-2/h5-9,12-13,16-17,22H,10-11,14-15H2,1-4H3;1-2H3. The summed E-state index contributed by atoms with van der Waals surface area (Å²) in [6.45, 7) is 12.5. The van der Waals surface area contributed by atoms with Gasteiger partial charge >= 0.3 is 0 Å². The Hall–Kier alpha value is -1.81. The van der Waals surface area contributed by atoms with E-state index < -0.39 is 11.8 Å². The lowest BCUT2D eigenvalue weighted by Gasteiger charge is -2.40. The minimum atomic E-state index is -2.72. The molecule has 30 heavy (non-hydrogen) atoms. The second kappa shape index (κ2) is 10.5. The Kier molecular flexibility index (Phi) is 8.54. The fourth-order valence-corrected chi connectivity index (χ4v) is 4.16. The molecule has 1 unspecified atom stereocenters. The molecule has 0 aromatic heterocycles. The van der Waals surface area contributed by atoms with Crippen LogP contribution >= 0.6 is 0 Å². The van der Waals surface area contributed by atoms with Crippen LogP contribution in [0, 0.1) is 17.7 Å². The van der Waals surface area contributed by atoms with Crippen LogP contribution in [0.2, 0.25) is 0 Å². The Morgan fingerprint density at radius 3 is 2.23 bits per heavy atom. The van der Waals surface area contributed by atoms with Gasteiger partial charge in [0.1, 0.15) is 5.82 Å². The fraction of sp³-hybridized carbons (Fsp3) is 0.538. The van der Waals surface area contributed by atoms with E-state index in [0.717, 1.165) is 11.1 Å². The van der Waals surface area contributed by atoms with Gasteiger partial charge in [-0.1, -0.05) is 77.9 Å². The number of hydrogen-bond donors (Lipinski definition) is 0. The third-order valence-corrected chi connectivity index (χ3v) is 5.87. The Balaban J connectivity index is 0.00000155. The number of halogens is 3. The molecule has 0 N–H and O–H groups in total. The highest BCUT2D eigenvalue weighted by atomic mass is 19.3. The lowest BCUT2D eigenvalue weighted by atomic mass is 9.83. The first kappa shape index (κ1) is 24.5. The molecule has 0 amide bonds. The number of alkyl halides is 2. The molecule has 4 heteroatoms. The lowest BCUT2D eigenvalue weighted by Crippen LogP contribution is -2.49. The van der Waals surface area contributed by atoms with Crippen molar-refractivity contribution < 1.29 is 13.2 Å². The van der Waals surface area contributed by atoms with Gasteiger partial charge in [-0.3, -0.25) is 4.90 Å². The summed E-state index contributed by atoms with van der Waals surface area (Å²) in [5.41, 5.74) is 3.47. The van der Waals surface area contributed by atoms with Crippen molar-refractivity contribution in [2.24, 2.45) is 11.8 Å². The topological polar surface area (TPSA) is 3.24 Å². The van der Waals surface area contributed by atoms with E-state index in [0.29, 0.717) is 24.4 Å².